The number of aromatic nitrogens is 2. The Hall–Kier alpha value is -4.98. The molecule has 0 saturated carbocycles. The Morgan fingerprint density at radius 1 is 1.17 bits per heavy atom. The highest BCUT2D eigenvalue weighted by Crippen LogP contribution is 2.40. The molecule has 0 bridgehead atoms. The maximum Gasteiger partial charge on any atom is 0.352 e. The molecule has 3 aromatic rings. The fraction of sp³-hybridized carbons (Fsp3) is 0.222. The summed E-state index contributed by atoms with van der Waals surface area (Å²) >= 11 is 1.21. The van der Waals surface area contributed by atoms with Crippen molar-refractivity contribution in [3.63, 3.8) is 0 Å². The number of benzene rings is 1. The van der Waals surface area contributed by atoms with Crippen molar-refractivity contribution >= 4 is 52.5 Å². The van der Waals surface area contributed by atoms with Gasteiger partial charge in [0.2, 0.25) is 11.3 Å². The Bertz CT molecular complexity index is 1670. The number of pyridine rings is 2. The number of H-pyrrole nitrogens is 1. The highest BCUT2D eigenvalue weighted by Gasteiger charge is 2.54. The molecule has 4 N–H and O–H groups in total. The number of amides is 3. The average molecular weight is 578 g/mol. The van der Waals surface area contributed by atoms with Crippen LogP contribution in [0.1, 0.15) is 28.9 Å². The molecule has 0 spiro atoms. The SMILES string of the molecule is CC(=O)OCC1=C(C(=O)O)N2C(=O)C(NC(=O)C(NC(=O)c3c[nH]c4cccnc4c3=O)c3ccccc3)[C@@H]2SC1. The summed E-state index contributed by atoms with van der Waals surface area (Å²) in [5, 5.41) is 14.2. The number of hydrogen-bond donors (Lipinski definition) is 4. The minimum Gasteiger partial charge on any atom is -0.477 e. The molecule has 14 heteroatoms. The Morgan fingerprint density at radius 2 is 1.93 bits per heavy atom. The number of carboxylic acids is 1. The third kappa shape index (κ3) is 5.28. The van der Waals surface area contributed by atoms with Crippen molar-refractivity contribution in [1.82, 2.24) is 25.5 Å². The van der Waals surface area contributed by atoms with Crippen molar-refractivity contribution in [3.05, 3.63) is 87.5 Å². The average Bonchev–Trinajstić information content (AvgIpc) is 2.97. The van der Waals surface area contributed by atoms with Gasteiger partial charge in [0.1, 0.15) is 40.8 Å². The molecular formula is C27H23N5O8S. The molecule has 13 nitrogen and oxygen atoms in total. The zero-order valence-electron chi connectivity index (χ0n) is 21.5. The smallest absolute Gasteiger partial charge is 0.352 e. The van der Waals surface area contributed by atoms with Gasteiger partial charge in [-0.2, -0.15) is 0 Å². The number of rotatable bonds is 8. The molecule has 2 unspecified atom stereocenters. The Labute approximate surface area is 236 Å². The minimum atomic E-state index is -1.36. The number of fused-ring (bicyclic) bond motifs is 2. The zero-order chi connectivity index (χ0) is 29.3. The maximum atomic E-state index is 13.5. The van der Waals surface area contributed by atoms with Gasteiger partial charge in [-0.05, 0) is 17.7 Å². The molecule has 1 aromatic carbocycles. The summed E-state index contributed by atoms with van der Waals surface area (Å²) in [7, 11) is 0. The summed E-state index contributed by atoms with van der Waals surface area (Å²) in [6.07, 6.45) is 2.66. The van der Waals surface area contributed by atoms with Crippen LogP contribution >= 0.6 is 11.8 Å². The number of aliphatic carboxylic acids is 1. The van der Waals surface area contributed by atoms with E-state index in [0.717, 1.165) is 4.90 Å². The molecule has 5 rings (SSSR count). The Balaban J connectivity index is 1.37. The van der Waals surface area contributed by atoms with E-state index in [2.05, 4.69) is 20.6 Å². The van der Waals surface area contributed by atoms with Gasteiger partial charge in [0.25, 0.3) is 11.8 Å². The van der Waals surface area contributed by atoms with Crippen LogP contribution in [0.15, 0.2) is 70.9 Å². The molecule has 1 fully saturated rings. The van der Waals surface area contributed by atoms with E-state index in [1.807, 2.05) is 0 Å². The molecule has 2 aromatic heterocycles. The number of carbonyl (C=O) groups excluding carboxylic acids is 4. The molecule has 1 saturated heterocycles. The molecule has 2 aliphatic heterocycles. The van der Waals surface area contributed by atoms with Crippen LogP contribution in [0.4, 0.5) is 0 Å². The van der Waals surface area contributed by atoms with Crippen LogP contribution < -0.4 is 16.1 Å². The van der Waals surface area contributed by atoms with Gasteiger partial charge in [0.05, 0.1) is 5.52 Å². The summed E-state index contributed by atoms with van der Waals surface area (Å²) in [6.45, 7) is 0.915. The fourth-order valence-electron chi connectivity index (χ4n) is 4.59. The van der Waals surface area contributed by atoms with Crippen molar-refractivity contribution in [3.8, 4) is 0 Å². The quantitative estimate of drug-likeness (QED) is 0.219. The van der Waals surface area contributed by atoms with Gasteiger partial charge in [-0.25, -0.2) is 4.79 Å². The number of esters is 1. The van der Waals surface area contributed by atoms with E-state index in [0.29, 0.717) is 11.1 Å². The standard InChI is InChI=1S/C27H23N5O8S/c1-13(33)40-11-15-12-41-26-20(25(37)32(26)21(15)27(38)39)31-24(36)18(14-6-3-2-4-7-14)30-23(35)16-10-29-17-8-5-9-28-19(17)22(16)34/h2-10,18,20,26H,11-12H2,1H3,(H,29,34)(H,30,35)(H,31,36)(H,38,39)/t18?,20?,26-/m0/s1. The highest BCUT2D eigenvalue weighted by atomic mass is 32.2. The van der Waals surface area contributed by atoms with Gasteiger partial charge in [-0.15, -0.1) is 11.8 Å². The van der Waals surface area contributed by atoms with Crippen molar-refractivity contribution in [2.75, 3.05) is 12.4 Å². The van der Waals surface area contributed by atoms with Crippen molar-refractivity contribution in [2.45, 2.75) is 24.4 Å². The third-order valence-electron chi connectivity index (χ3n) is 6.55. The lowest BCUT2D eigenvalue weighted by Crippen LogP contribution is -2.71. The normalized spacial score (nSPS) is 18.7. The van der Waals surface area contributed by atoms with Crippen molar-refractivity contribution in [1.29, 1.82) is 0 Å². The molecule has 0 aliphatic carbocycles. The largest absolute Gasteiger partial charge is 0.477 e. The van der Waals surface area contributed by atoms with E-state index in [-0.39, 0.29) is 34.7 Å². The predicted octanol–water partition coefficient (Wildman–Crippen LogP) is 0.696. The summed E-state index contributed by atoms with van der Waals surface area (Å²) in [5.41, 5.74) is -0.0104. The molecule has 210 valence electrons. The molecule has 2 aliphatic rings. The first-order valence-electron chi connectivity index (χ1n) is 12.3. The first-order chi connectivity index (χ1) is 19.7. The van der Waals surface area contributed by atoms with Gasteiger partial charge in [0, 0.05) is 30.6 Å². The Kier molecular flexibility index (Phi) is 7.57. The van der Waals surface area contributed by atoms with E-state index >= 15 is 0 Å². The second kappa shape index (κ2) is 11.3. The van der Waals surface area contributed by atoms with E-state index in [1.54, 1.807) is 42.5 Å². The molecule has 41 heavy (non-hydrogen) atoms. The van der Waals surface area contributed by atoms with Crippen LogP contribution in [0.25, 0.3) is 11.0 Å². The van der Waals surface area contributed by atoms with Crippen LogP contribution in [0.3, 0.4) is 0 Å². The fourth-order valence-corrected chi connectivity index (χ4v) is 5.92. The lowest BCUT2D eigenvalue weighted by molar-refractivity contribution is -0.151. The van der Waals surface area contributed by atoms with Gasteiger partial charge >= 0.3 is 11.9 Å². The molecular weight excluding hydrogens is 554 g/mol. The second-order valence-corrected chi connectivity index (χ2v) is 10.3. The first kappa shape index (κ1) is 27.6. The predicted molar refractivity (Wildman–Crippen MR) is 145 cm³/mol. The van der Waals surface area contributed by atoms with E-state index < -0.39 is 52.5 Å². The van der Waals surface area contributed by atoms with E-state index in [9.17, 15) is 33.9 Å². The molecule has 3 amide bonds. The summed E-state index contributed by atoms with van der Waals surface area (Å²) in [4.78, 5) is 83.8. The first-order valence-corrected chi connectivity index (χ1v) is 13.4. The van der Waals surface area contributed by atoms with Gasteiger partial charge in [-0.1, -0.05) is 30.3 Å². The van der Waals surface area contributed by atoms with Gasteiger partial charge in [-0.3, -0.25) is 33.9 Å². The van der Waals surface area contributed by atoms with E-state index in [1.165, 1.54) is 31.1 Å². The number of nitrogens with one attached hydrogen (secondary N) is 3. The van der Waals surface area contributed by atoms with Crippen molar-refractivity contribution < 1.29 is 33.8 Å². The number of carboxylic acid groups (broad SMARTS) is 1. The van der Waals surface area contributed by atoms with E-state index in [4.69, 9.17) is 4.74 Å². The summed E-state index contributed by atoms with van der Waals surface area (Å²) in [5.74, 6) is -4.02. The summed E-state index contributed by atoms with van der Waals surface area (Å²) < 4.78 is 4.93. The Morgan fingerprint density at radius 3 is 2.63 bits per heavy atom. The van der Waals surface area contributed by atoms with Crippen LogP contribution in [-0.2, 0) is 23.9 Å². The third-order valence-corrected chi connectivity index (χ3v) is 7.89. The number of ether oxygens (including phenoxy) is 1. The number of β-lactam (4-membered cyclic amide) rings is 1. The number of hydrogen-bond acceptors (Lipinski definition) is 9. The highest BCUT2D eigenvalue weighted by molar-refractivity contribution is 8.00. The number of nitrogens with zero attached hydrogens (tertiary/aromatic N) is 2. The zero-order valence-corrected chi connectivity index (χ0v) is 22.3. The van der Waals surface area contributed by atoms with Gasteiger partial charge < -0.3 is 25.5 Å². The number of aromatic amines is 1. The second-order valence-electron chi connectivity index (χ2n) is 9.18. The lowest BCUT2D eigenvalue weighted by atomic mass is 10.0. The van der Waals surface area contributed by atoms with Crippen LogP contribution in [-0.4, -0.2) is 73.4 Å². The number of carbonyl (C=O) groups is 5. The van der Waals surface area contributed by atoms with Crippen LogP contribution in [0.5, 0.6) is 0 Å². The van der Waals surface area contributed by atoms with Crippen molar-refractivity contribution in [2.24, 2.45) is 0 Å². The monoisotopic (exact) mass is 577 g/mol. The number of thioether (sulfide) groups is 1. The van der Waals surface area contributed by atoms with Crippen LogP contribution in [0, 0.1) is 0 Å². The lowest BCUT2D eigenvalue weighted by Gasteiger charge is -2.49. The van der Waals surface area contributed by atoms with Gasteiger partial charge in [0.15, 0.2) is 0 Å². The maximum absolute atomic E-state index is 13.5. The summed E-state index contributed by atoms with van der Waals surface area (Å²) in [6, 6.07) is 9.17. The minimum absolute atomic E-state index is 0.0608. The molecule has 3 atom stereocenters. The molecule has 0 radical (unpaired) electrons. The van der Waals surface area contributed by atoms with Crippen LogP contribution in [0.2, 0.25) is 0 Å². The molecule has 4 heterocycles. The topological polar surface area (TPSA) is 188 Å².